The number of carbonyl (C=O) groups is 2. The first-order valence-electron chi connectivity index (χ1n) is 5.63. The predicted molar refractivity (Wildman–Crippen MR) is 63.5 cm³/mol. The first kappa shape index (κ1) is 14.0. The normalized spacial score (nSPS) is 15.2. The Morgan fingerprint density at radius 2 is 1.65 bits per heavy atom. The number of rotatable bonds is 3. The molecule has 0 radical (unpaired) electrons. The van der Waals surface area contributed by atoms with Crippen molar-refractivity contribution in [3.8, 4) is 0 Å². The molecule has 0 N–H and O–H groups in total. The summed E-state index contributed by atoms with van der Waals surface area (Å²) in [5.41, 5.74) is -0.291. The summed E-state index contributed by atoms with van der Waals surface area (Å²) in [6, 6.07) is 4.38. The van der Waals surface area contributed by atoms with Crippen LogP contribution in [-0.2, 0) is 27.1 Å². The minimum absolute atomic E-state index is 0.0865. The van der Waals surface area contributed by atoms with Crippen molar-refractivity contribution in [2.45, 2.75) is 12.8 Å². The zero-order chi connectivity index (χ0) is 14.8. The molecule has 0 aliphatic heterocycles. The van der Waals surface area contributed by atoms with Crippen LogP contribution in [0.2, 0.25) is 0 Å². The molecular formula is C14H9F3O3. The highest BCUT2D eigenvalue weighted by Gasteiger charge is 2.29. The van der Waals surface area contributed by atoms with Gasteiger partial charge in [0.15, 0.2) is 11.5 Å². The van der Waals surface area contributed by atoms with Gasteiger partial charge in [-0.3, -0.25) is 9.59 Å². The van der Waals surface area contributed by atoms with Crippen LogP contribution in [0, 0.1) is 0 Å². The zero-order valence-electron chi connectivity index (χ0n) is 10.1. The van der Waals surface area contributed by atoms with Crippen molar-refractivity contribution in [3.05, 3.63) is 59.4 Å². The zero-order valence-corrected chi connectivity index (χ0v) is 10.1. The molecule has 0 aromatic heterocycles. The molecule has 1 aromatic rings. The quantitative estimate of drug-likeness (QED) is 0.801. The van der Waals surface area contributed by atoms with Crippen molar-refractivity contribution < 1.29 is 27.5 Å². The van der Waals surface area contributed by atoms with Gasteiger partial charge in [-0.25, -0.2) is 0 Å². The SMILES string of the molecule is O=C1C=CC(=O)C(OCc2ccc(C(F)(F)F)cc2)=C1. The standard InChI is InChI=1S/C14H9F3O3/c15-14(16,17)10-3-1-9(2-4-10)8-20-13-7-11(18)5-6-12(13)19/h1-7H,8H2. The van der Waals surface area contributed by atoms with Gasteiger partial charge in [0.05, 0.1) is 5.56 Å². The van der Waals surface area contributed by atoms with E-state index in [1.54, 1.807) is 0 Å². The molecule has 0 atom stereocenters. The summed E-state index contributed by atoms with van der Waals surface area (Å²) in [6.45, 7) is -0.0865. The maximum Gasteiger partial charge on any atom is 0.416 e. The lowest BCUT2D eigenvalue weighted by Crippen LogP contribution is -2.10. The van der Waals surface area contributed by atoms with Crippen molar-refractivity contribution >= 4 is 11.6 Å². The van der Waals surface area contributed by atoms with Gasteiger partial charge < -0.3 is 4.74 Å². The lowest BCUT2D eigenvalue weighted by molar-refractivity contribution is -0.137. The average Bonchev–Trinajstić information content (AvgIpc) is 2.39. The molecule has 0 saturated carbocycles. The van der Waals surface area contributed by atoms with Crippen molar-refractivity contribution in [2.75, 3.05) is 0 Å². The van der Waals surface area contributed by atoms with Crippen LogP contribution >= 0.6 is 0 Å². The van der Waals surface area contributed by atoms with Gasteiger partial charge >= 0.3 is 6.18 Å². The Hall–Kier alpha value is -2.37. The van der Waals surface area contributed by atoms with E-state index in [9.17, 15) is 22.8 Å². The maximum absolute atomic E-state index is 12.4. The van der Waals surface area contributed by atoms with Crippen LogP contribution in [0.3, 0.4) is 0 Å². The Morgan fingerprint density at radius 3 is 2.25 bits per heavy atom. The molecule has 0 fully saturated rings. The third-order valence-electron chi connectivity index (χ3n) is 2.59. The fourth-order valence-electron chi connectivity index (χ4n) is 1.55. The van der Waals surface area contributed by atoms with Gasteiger partial charge in [0.1, 0.15) is 6.61 Å². The molecule has 104 valence electrons. The van der Waals surface area contributed by atoms with Crippen molar-refractivity contribution in [1.29, 1.82) is 0 Å². The molecule has 0 saturated heterocycles. The number of ether oxygens (including phenoxy) is 1. The van der Waals surface area contributed by atoms with E-state index in [1.165, 1.54) is 12.1 Å². The minimum Gasteiger partial charge on any atom is -0.485 e. The highest BCUT2D eigenvalue weighted by Crippen LogP contribution is 2.29. The van der Waals surface area contributed by atoms with Gasteiger partial charge in [-0.15, -0.1) is 0 Å². The molecule has 0 heterocycles. The summed E-state index contributed by atoms with van der Waals surface area (Å²) < 4.78 is 42.2. The van der Waals surface area contributed by atoms with Gasteiger partial charge in [-0.2, -0.15) is 13.2 Å². The molecular weight excluding hydrogens is 273 g/mol. The number of hydrogen-bond donors (Lipinski definition) is 0. The molecule has 0 unspecified atom stereocenters. The summed E-state index contributed by atoms with van der Waals surface area (Å²) in [5, 5.41) is 0. The van der Waals surface area contributed by atoms with Gasteiger partial charge in [0, 0.05) is 6.08 Å². The third kappa shape index (κ3) is 3.34. The number of carbonyl (C=O) groups excluding carboxylic acids is 2. The average molecular weight is 282 g/mol. The van der Waals surface area contributed by atoms with Crippen LogP contribution in [0.15, 0.2) is 48.3 Å². The topological polar surface area (TPSA) is 43.4 Å². The summed E-state index contributed by atoms with van der Waals surface area (Å²) in [7, 11) is 0. The van der Waals surface area contributed by atoms with Gasteiger partial charge in [-0.1, -0.05) is 12.1 Å². The van der Waals surface area contributed by atoms with Crippen LogP contribution in [-0.4, -0.2) is 11.6 Å². The van der Waals surface area contributed by atoms with Gasteiger partial charge in [-0.05, 0) is 29.8 Å². The van der Waals surface area contributed by atoms with Crippen molar-refractivity contribution in [1.82, 2.24) is 0 Å². The lowest BCUT2D eigenvalue weighted by Gasteiger charge is -2.11. The molecule has 1 aliphatic rings. The lowest BCUT2D eigenvalue weighted by atomic mass is 10.1. The first-order chi connectivity index (χ1) is 9.36. The van der Waals surface area contributed by atoms with E-state index in [0.29, 0.717) is 5.56 Å². The second-order valence-corrected chi connectivity index (χ2v) is 4.09. The highest BCUT2D eigenvalue weighted by atomic mass is 19.4. The van der Waals surface area contributed by atoms with E-state index in [2.05, 4.69) is 0 Å². The second-order valence-electron chi connectivity index (χ2n) is 4.09. The van der Waals surface area contributed by atoms with E-state index in [4.69, 9.17) is 4.74 Å². The molecule has 2 rings (SSSR count). The summed E-state index contributed by atoms with van der Waals surface area (Å²) in [5.74, 6) is -0.930. The molecule has 1 aromatic carbocycles. The molecule has 0 spiro atoms. The summed E-state index contributed by atoms with van der Waals surface area (Å²) in [6.07, 6.45) is -1.14. The van der Waals surface area contributed by atoms with E-state index in [-0.39, 0.29) is 18.1 Å². The molecule has 1 aliphatic carbocycles. The largest absolute Gasteiger partial charge is 0.485 e. The second kappa shape index (κ2) is 5.32. The highest BCUT2D eigenvalue weighted by molar-refractivity contribution is 6.16. The number of allylic oxidation sites excluding steroid dienone is 3. The van der Waals surface area contributed by atoms with E-state index in [0.717, 1.165) is 30.4 Å². The Morgan fingerprint density at radius 1 is 1.00 bits per heavy atom. The Bertz CT molecular complexity index is 595. The molecule has 0 amide bonds. The number of hydrogen-bond acceptors (Lipinski definition) is 3. The van der Waals surface area contributed by atoms with E-state index < -0.39 is 17.5 Å². The fourth-order valence-corrected chi connectivity index (χ4v) is 1.55. The van der Waals surface area contributed by atoms with Crippen molar-refractivity contribution in [2.24, 2.45) is 0 Å². The Labute approximate surface area is 112 Å². The van der Waals surface area contributed by atoms with Crippen LogP contribution in [0.5, 0.6) is 0 Å². The Balaban J connectivity index is 2.01. The molecule has 20 heavy (non-hydrogen) atoms. The van der Waals surface area contributed by atoms with Crippen LogP contribution in [0.25, 0.3) is 0 Å². The third-order valence-corrected chi connectivity index (χ3v) is 2.59. The minimum atomic E-state index is -4.39. The van der Waals surface area contributed by atoms with Crippen LogP contribution in [0.1, 0.15) is 11.1 Å². The van der Waals surface area contributed by atoms with Crippen LogP contribution < -0.4 is 0 Å². The van der Waals surface area contributed by atoms with Crippen molar-refractivity contribution in [3.63, 3.8) is 0 Å². The smallest absolute Gasteiger partial charge is 0.416 e. The number of benzene rings is 1. The number of halogens is 3. The first-order valence-corrected chi connectivity index (χ1v) is 5.63. The predicted octanol–water partition coefficient (Wildman–Crippen LogP) is 2.81. The van der Waals surface area contributed by atoms with Crippen LogP contribution in [0.4, 0.5) is 13.2 Å². The molecule has 3 nitrogen and oxygen atoms in total. The van der Waals surface area contributed by atoms with E-state index >= 15 is 0 Å². The summed E-state index contributed by atoms with van der Waals surface area (Å²) in [4.78, 5) is 22.4. The fraction of sp³-hybridized carbons (Fsp3) is 0.143. The monoisotopic (exact) mass is 282 g/mol. The molecule has 0 bridgehead atoms. The maximum atomic E-state index is 12.4. The summed E-state index contributed by atoms with van der Waals surface area (Å²) >= 11 is 0. The van der Waals surface area contributed by atoms with E-state index in [1.807, 2.05) is 0 Å². The number of alkyl halides is 3. The van der Waals surface area contributed by atoms with Gasteiger partial charge in [0.25, 0.3) is 0 Å². The number of ketones is 2. The molecule has 6 heteroatoms. The Kier molecular flexibility index (Phi) is 3.74. The van der Waals surface area contributed by atoms with Gasteiger partial charge in [0.2, 0.25) is 5.78 Å².